The molecule has 0 heterocycles. The Balaban J connectivity index is 2.62. The second-order valence-corrected chi connectivity index (χ2v) is 12.9. The molecule has 214 valence electrons. The van der Waals surface area contributed by atoms with E-state index >= 15 is 0 Å². The molecule has 0 aliphatic rings. The summed E-state index contributed by atoms with van der Waals surface area (Å²) >= 11 is 1.58. The minimum absolute atomic E-state index is 0.322. The maximum absolute atomic E-state index is 14.4. The lowest BCUT2D eigenvalue weighted by Crippen LogP contribution is -2.58. The maximum Gasteiger partial charge on any atom is 0.408 e. The Kier molecular flexibility index (Phi) is 11.0. The number of thioether (sulfide) groups is 1. The number of hydrogen-bond acceptors (Lipinski definition) is 5. The van der Waals surface area contributed by atoms with Crippen LogP contribution < -0.4 is 10.6 Å². The zero-order chi connectivity index (χ0) is 29.5. The summed E-state index contributed by atoms with van der Waals surface area (Å²) in [4.78, 5) is 42.8. The summed E-state index contributed by atoms with van der Waals surface area (Å²) in [6, 6.07) is 11.6. The van der Waals surface area contributed by atoms with Crippen LogP contribution in [0.1, 0.15) is 76.3 Å². The lowest BCUT2D eigenvalue weighted by Gasteiger charge is -2.43. The van der Waals surface area contributed by atoms with Crippen LogP contribution in [-0.2, 0) is 14.3 Å². The topological polar surface area (TPSA) is 87.7 Å². The first kappa shape index (κ1) is 32.2. The van der Waals surface area contributed by atoms with Gasteiger partial charge in [0.05, 0.1) is 0 Å². The van der Waals surface area contributed by atoms with Crippen molar-refractivity contribution in [3.05, 3.63) is 64.7 Å². The van der Waals surface area contributed by atoms with Gasteiger partial charge in [-0.05, 0) is 109 Å². The molecule has 0 bridgehead atoms. The van der Waals surface area contributed by atoms with Gasteiger partial charge in [-0.15, -0.1) is 0 Å². The van der Waals surface area contributed by atoms with Gasteiger partial charge in [-0.2, -0.15) is 11.8 Å². The molecule has 2 aromatic carbocycles. The largest absolute Gasteiger partial charge is 0.444 e. The van der Waals surface area contributed by atoms with Crippen LogP contribution in [0.15, 0.2) is 42.5 Å². The van der Waals surface area contributed by atoms with E-state index in [9.17, 15) is 14.4 Å². The van der Waals surface area contributed by atoms with Crippen LogP contribution in [0.3, 0.4) is 0 Å². The molecular weight excluding hydrogens is 510 g/mol. The van der Waals surface area contributed by atoms with Gasteiger partial charge in [0, 0.05) is 11.2 Å². The average molecular weight is 556 g/mol. The van der Waals surface area contributed by atoms with Crippen molar-refractivity contribution >= 4 is 35.4 Å². The molecule has 2 unspecified atom stereocenters. The van der Waals surface area contributed by atoms with Gasteiger partial charge in [0.2, 0.25) is 5.91 Å². The fourth-order valence-corrected chi connectivity index (χ4v) is 4.69. The highest BCUT2D eigenvalue weighted by Gasteiger charge is 2.42. The van der Waals surface area contributed by atoms with Crippen LogP contribution in [0.5, 0.6) is 0 Å². The fourth-order valence-electron chi connectivity index (χ4n) is 4.22. The number of nitrogens with zero attached hydrogens (tertiary/aromatic N) is 1. The highest BCUT2D eigenvalue weighted by molar-refractivity contribution is 7.98. The van der Waals surface area contributed by atoms with Crippen molar-refractivity contribution < 1.29 is 19.1 Å². The van der Waals surface area contributed by atoms with Crippen LogP contribution in [0.25, 0.3) is 0 Å². The maximum atomic E-state index is 14.4. The van der Waals surface area contributed by atoms with Gasteiger partial charge in [0.25, 0.3) is 5.91 Å². The lowest BCUT2D eigenvalue weighted by molar-refractivity contribution is -0.146. The van der Waals surface area contributed by atoms with Crippen molar-refractivity contribution in [2.24, 2.45) is 0 Å². The molecule has 0 saturated carbocycles. The molecular formula is C31H45N3O4S. The Bertz CT molecular complexity index is 1170. The van der Waals surface area contributed by atoms with Crippen molar-refractivity contribution in [2.45, 2.75) is 92.0 Å². The molecule has 0 aromatic heterocycles. The number of hydrogen-bond donors (Lipinski definition) is 2. The Labute approximate surface area is 238 Å². The molecule has 39 heavy (non-hydrogen) atoms. The summed E-state index contributed by atoms with van der Waals surface area (Å²) in [6.07, 6.45) is 1.68. The number of nitrogens with one attached hydrogen (secondary N) is 2. The van der Waals surface area contributed by atoms with E-state index in [-0.39, 0.29) is 11.8 Å². The van der Waals surface area contributed by atoms with Gasteiger partial charge in [-0.1, -0.05) is 36.4 Å². The summed E-state index contributed by atoms with van der Waals surface area (Å²) in [5.41, 5.74) is 2.95. The van der Waals surface area contributed by atoms with E-state index in [1.54, 1.807) is 37.4 Å². The molecule has 0 aliphatic heterocycles. The standard InChI is InChI=1S/C31H45N3O4S/c1-20-15-16-23(19-22(20)3)26(27(35)32-24-14-12-11-13-21(24)2)34(30(4,5)6)28(36)25(17-18-39-10)33-29(37)38-31(7,8)9/h11-16,19,25-26H,17-18H2,1-10H3,(H,32,35)(H,33,37). The fraction of sp³-hybridized carbons (Fsp3) is 0.516. The Morgan fingerprint density at radius 3 is 2.10 bits per heavy atom. The highest BCUT2D eigenvalue weighted by Crippen LogP contribution is 2.32. The second kappa shape index (κ2) is 13.4. The van der Waals surface area contributed by atoms with Crippen molar-refractivity contribution in [2.75, 3.05) is 17.3 Å². The summed E-state index contributed by atoms with van der Waals surface area (Å²) in [5.74, 6) is -0.0178. The quantitative estimate of drug-likeness (QED) is 0.366. The van der Waals surface area contributed by atoms with Crippen molar-refractivity contribution in [1.82, 2.24) is 10.2 Å². The number of benzene rings is 2. The third kappa shape index (κ3) is 9.31. The normalized spacial score (nSPS) is 13.3. The lowest BCUT2D eigenvalue weighted by atomic mass is 9.93. The van der Waals surface area contributed by atoms with Crippen molar-refractivity contribution in [3.63, 3.8) is 0 Å². The van der Waals surface area contributed by atoms with Crippen LogP contribution in [0, 0.1) is 20.8 Å². The molecule has 0 radical (unpaired) electrons. The molecule has 0 saturated heterocycles. The number of rotatable bonds is 9. The number of carbonyl (C=O) groups is 3. The zero-order valence-electron chi connectivity index (χ0n) is 25.1. The van der Waals surface area contributed by atoms with E-state index in [1.165, 1.54) is 0 Å². The zero-order valence-corrected chi connectivity index (χ0v) is 25.9. The molecule has 7 nitrogen and oxygen atoms in total. The number of alkyl carbamates (subject to hydrolysis) is 1. The second-order valence-electron chi connectivity index (χ2n) is 11.9. The van der Waals surface area contributed by atoms with Gasteiger partial charge in [0.15, 0.2) is 0 Å². The predicted octanol–water partition coefficient (Wildman–Crippen LogP) is 6.57. The molecule has 2 aromatic rings. The molecule has 8 heteroatoms. The molecule has 0 fully saturated rings. The Hall–Kier alpha value is -3.00. The highest BCUT2D eigenvalue weighted by atomic mass is 32.2. The van der Waals surface area contributed by atoms with Crippen LogP contribution >= 0.6 is 11.8 Å². The first-order valence-electron chi connectivity index (χ1n) is 13.3. The van der Waals surface area contributed by atoms with E-state index in [2.05, 4.69) is 10.6 Å². The van der Waals surface area contributed by atoms with Crippen LogP contribution in [-0.4, -0.2) is 52.0 Å². The van der Waals surface area contributed by atoms with E-state index in [1.807, 2.05) is 90.3 Å². The summed E-state index contributed by atoms with van der Waals surface area (Å²) in [5, 5.41) is 5.84. The number of ether oxygens (including phenoxy) is 1. The Morgan fingerprint density at radius 2 is 1.56 bits per heavy atom. The van der Waals surface area contributed by atoms with Gasteiger partial charge in [0.1, 0.15) is 17.7 Å². The van der Waals surface area contributed by atoms with E-state index < -0.39 is 29.3 Å². The third-order valence-electron chi connectivity index (χ3n) is 6.32. The minimum atomic E-state index is -0.936. The molecule has 2 N–H and O–H groups in total. The third-order valence-corrected chi connectivity index (χ3v) is 6.96. The number of anilines is 1. The van der Waals surface area contributed by atoms with E-state index in [0.717, 1.165) is 16.7 Å². The molecule has 0 aliphatic carbocycles. The van der Waals surface area contributed by atoms with Gasteiger partial charge < -0.3 is 20.3 Å². The number of aryl methyl sites for hydroxylation is 3. The smallest absolute Gasteiger partial charge is 0.408 e. The van der Waals surface area contributed by atoms with Gasteiger partial charge in [-0.3, -0.25) is 9.59 Å². The van der Waals surface area contributed by atoms with Crippen LogP contribution in [0.2, 0.25) is 0 Å². The molecule has 2 rings (SSSR count). The number of amides is 3. The number of para-hydroxylation sites is 1. The van der Waals surface area contributed by atoms with Gasteiger partial charge in [-0.25, -0.2) is 4.79 Å². The monoisotopic (exact) mass is 555 g/mol. The van der Waals surface area contributed by atoms with Crippen molar-refractivity contribution in [1.29, 1.82) is 0 Å². The summed E-state index contributed by atoms with van der Waals surface area (Å²) in [7, 11) is 0. The van der Waals surface area contributed by atoms with Crippen molar-refractivity contribution in [3.8, 4) is 0 Å². The average Bonchev–Trinajstić information content (AvgIpc) is 2.81. The molecule has 2 atom stereocenters. The SMILES string of the molecule is CSCCC(NC(=O)OC(C)(C)C)C(=O)N(C(C(=O)Nc1ccccc1C)c1ccc(C)c(C)c1)C(C)(C)C. The first-order valence-corrected chi connectivity index (χ1v) is 14.7. The first-order chi connectivity index (χ1) is 18.0. The van der Waals surface area contributed by atoms with Gasteiger partial charge >= 0.3 is 6.09 Å². The molecule has 3 amide bonds. The van der Waals surface area contributed by atoms with Crippen LogP contribution in [0.4, 0.5) is 10.5 Å². The summed E-state index contributed by atoms with van der Waals surface area (Å²) in [6.45, 7) is 17.0. The summed E-state index contributed by atoms with van der Waals surface area (Å²) < 4.78 is 5.47. The van der Waals surface area contributed by atoms with E-state index in [0.29, 0.717) is 23.4 Å². The number of carbonyl (C=O) groups excluding carboxylic acids is 3. The molecule has 0 spiro atoms. The minimum Gasteiger partial charge on any atom is -0.444 e. The predicted molar refractivity (Wildman–Crippen MR) is 161 cm³/mol. The Morgan fingerprint density at radius 1 is 0.923 bits per heavy atom. The van der Waals surface area contributed by atoms with E-state index in [4.69, 9.17) is 4.74 Å².